The number of rotatable bonds is 8. The van der Waals surface area contributed by atoms with Crippen molar-refractivity contribution in [2.45, 2.75) is 12.6 Å². The van der Waals surface area contributed by atoms with Gasteiger partial charge in [-0.2, -0.15) is 18.2 Å². The summed E-state index contributed by atoms with van der Waals surface area (Å²) >= 11 is 0. The lowest BCUT2D eigenvalue weighted by molar-refractivity contribution is -0.142. The summed E-state index contributed by atoms with van der Waals surface area (Å²) in [6, 6.07) is 7.04. The third-order valence-corrected chi connectivity index (χ3v) is 3.12. The molecule has 2 rings (SSSR count). The highest BCUT2D eigenvalue weighted by Crippen LogP contribution is 2.20. The maximum Gasteiger partial charge on any atom is 0.401 e. The van der Waals surface area contributed by atoms with E-state index >= 15 is 0 Å². The van der Waals surface area contributed by atoms with E-state index in [9.17, 15) is 17.6 Å². The molecule has 1 aromatic carbocycles. The van der Waals surface area contributed by atoms with Crippen molar-refractivity contribution in [3.8, 4) is 11.6 Å². The second-order valence-corrected chi connectivity index (χ2v) is 5.41. The van der Waals surface area contributed by atoms with Crippen molar-refractivity contribution in [2.75, 3.05) is 32.0 Å². The molecule has 0 fully saturated rings. The predicted octanol–water partition coefficient (Wildman–Crippen LogP) is 3.70. The molecular weight excluding hydrogens is 340 g/mol. The summed E-state index contributed by atoms with van der Waals surface area (Å²) in [6.45, 7) is -0.231. The lowest BCUT2D eigenvalue weighted by atomic mass is 10.3. The molecular formula is C16H18F4N4O. The summed E-state index contributed by atoms with van der Waals surface area (Å²) in [4.78, 5) is 9.36. The number of alkyl halides is 3. The van der Waals surface area contributed by atoms with E-state index in [0.29, 0.717) is 24.7 Å². The Labute approximate surface area is 142 Å². The maximum atomic E-state index is 12.9. The van der Waals surface area contributed by atoms with Crippen LogP contribution in [0.5, 0.6) is 11.6 Å². The quantitative estimate of drug-likeness (QED) is 0.576. The van der Waals surface area contributed by atoms with Crippen molar-refractivity contribution in [1.82, 2.24) is 14.9 Å². The monoisotopic (exact) mass is 358 g/mol. The zero-order valence-corrected chi connectivity index (χ0v) is 13.6. The van der Waals surface area contributed by atoms with Gasteiger partial charge in [-0.25, -0.2) is 9.37 Å². The van der Waals surface area contributed by atoms with Gasteiger partial charge in [-0.15, -0.1) is 0 Å². The highest BCUT2D eigenvalue weighted by Gasteiger charge is 2.28. The number of aromatic nitrogens is 2. The second kappa shape index (κ2) is 8.61. The standard InChI is InChI=1S/C16H18F4N4O/c1-24(11-16(18,19)20)10-2-8-21-15-22-9-7-14(23-15)25-13-5-3-12(17)4-6-13/h3-7,9H,2,8,10-11H2,1H3,(H,21,22,23). The van der Waals surface area contributed by atoms with Crippen LogP contribution in [0.25, 0.3) is 0 Å². The van der Waals surface area contributed by atoms with E-state index in [0.717, 1.165) is 0 Å². The van der Waals surface area contributed by atoms with Crippen molar-refractivity contribution in [1.29, 1.82) is 0 Å². The Morgan fingerprint density at radius 3 is 2.56 bits per heavy atom. The minimum atomic E-state index is -4.20. The van der Waals surface area contributed by atoms with Gasteiger partial charge in [0.15, 0.2) is 0 Å². The summed E-state index contributed by atoms with van der Waals surface area (Å²) in [5, 5.41) is 2.93. The molecule has 0 atom stereocenters. The number of nitrogens with zero attached hydrogens (tertiary/aromatic N) is 3. The number of hydrogen-bond acceptors (Lipinski definition) is 5. The molecule has 0 amide bonds. The van der Waals surface area contributed by atoms with Crippen LogP contribution >= 0.6 is 0 Å². The largest absolute Gasteiger partial charge is 0.439 e. The van der Waals surface area contributed by atoms with Crippen LogP contribution in [-0.4, -0.2) is 47.7 Å². The molecule has 9 heteroatoms. The molecule has 5 nitrogen and oxygen atoms in total. The molecule has 0 radical (unpaired) electrons. The van der Waals surface area contributed by atoms with E-state index < -0.39 is 12.7 Å². The number of halogens is 4. The van der Waals surface area contributed by atoms with Gasteiger partial charge < -0.3 is 10.1 Å². The Kier molecular flexibility index (Phi) is 6.51. The smallest absolute Gasteiger partial charge is 0.401 e. The maximum absolute atomic E-state index is 12.9. The van der Waals surface area contributed by atoms with E-state index in [1.165, 1.54) is 42.4 Å². The molecule has 1 heterocycles. The minimum Gasteiger partial charge on any atom is -0.439 e. The van der Waals surface area contributed by atoms with Gasteiger partial charge in [-0.3, -0.25) is 4.90 Å². The topological polar surface area (TPSA) is 50.3 Å². The number of hydrogen-bond donors (Lipinski definition) is 1. The fourth-order valence-electron chi connectivity index (χ4n) is 2.04. The molecule has 25 heavy (non-hydrogen) atoms. The predicted molar refractivity (Wildman–Crippen MR) is 85.2 cm³/mol. The van der Waals surface area contributed by atoms with Crippen molar-refractivity contribution < 1.29 is 22.3 Å². The van der Waals surface area contributed by atoms with Gasteiger partial charge in [0.25, 0.3) is 0 Å². The summed E-state index contributed by atoms with van der Waals surface area (Å²) < 4.78 is 55.0. The molecule has 1 N–H and O–H groups in total. The summed E-state index contributed by atoms with van der Waals surface area (Å²) in [5.74, 6) is 0.643. The average molecular weight is 358 g/mol. The molecule has 1 aromatic heterocycles. The summed E-state index contributed by atoms with van der Waals surface area (Å²) in [6.07, 6.45) is -2.21. The molecule has 0 spiro atoms. The number of anilines is 1. The van der Waals surface area contributed by atoms with E-state index in [-0.39, 0.29) is 18.2 Å². The molecule has 0 aliphatic carbocycles. The molecule has 136 valence electrons. The van der Waals surface area contributed by atoms with Crippen molar-refractivity contribution in [3.63, 3.8) is 0 Å². The minimum absolute atomic E-state index is 0.276. The van der Waals surface area contributed by atoms with E-state index in [1.807, 2.05) is 0 Å². The lowest BCUT2D eigenvalue weighted by Gasteiger charge is -2.18. The molecule has 0 saturated heterocycles. The molecule has 0 aliphatic heterocycles. The van der Waals surface area contributed by atoms with Crippen LogP contribution in [0.1, 0.15) is 6.42 Å². The summed E-state index contributed by atoms with van der Waals surface area (Å²) in [5.41, 5.74) is 0. The van der Waals surface area contributed by atoms with Crippen LogP contribution in [0, 0.1) is 5.82 Å². The highest BCUT2D eigenvalue weighted by atomic mass is 19.4. The zero-order chi connectivity index (χ0) is 18.3. The van der Waals surface area contributed by atoms with Gasteiger partial charge in [0, 0.05) is 18.8 Å². The molecule has 0 unspecified atom stereocenters. The number of ether oxygens (including phenoxy) is 1. The first kappa shape index (κ1) is 18.9. The van der Waals surface area contributed by atoms with Crippen LogP contribution in [0.3, 0.4) is 0 Å². The summed E-state index contributed by atoms with van der Waals surface area (Å²) in [7, 11) is 1.42. The van der Waals surface area contributed by atoms with Gasteiger partial charge in [0.2, 0.25) is 11.8 Å². The van der Waals surface area contributed by atoms with E-state index in [1.54, 1.807) is 6.07 Å². The van der Waals surface area contributed by atoms with Crippen LogP contribution in [-0.2, 0) is 0 Å². The van der Waals surface area contributed by atoms with Gasteiger partial charge in [0.1, 0.15) is 11.6 Å². The lowest BCUT2D eigenvalue weighted by Crippen LogP contribution is -2.32. The Balaban J connectivity index is 1.78. The van der Waals surface area contributed by atoms with Gasteiger partial charge >= 0.3 is 6.18 Å². The molecule has 2 aromatic rings. The van der Waals surface area contributed by atoms with Gasteiger partial charge in [-0.05, 0) is 44.3 Å². The second-order valence-electron chi connectivity index (χ2n) is 5.41. The van der Waals surface area contributed by atoms with Crippen LogP contribution < -0.4 is 10.1 Å². The molecule has 0 aliphatic rings. The van der Waals surface area contributed by atoms with E-state index in [2.05, 4.69) is 15.3 Å². The normalized spacial score (nSPS) is 11.6. The van der Waals surface area contributed by atoms with Gasteiger partial charge in [-0.1, -0.05) is 0 Å². The van der Waals surface area contributed by atoms with Crippen molar-refractivity contribution >= 4 is 5.95 Å². The van der Waals surface area contributed by atoms with E-state index in [4.69, 9.17) is 4.74 Å². The zero-order valence-electron chi connectivity index (χ0n) is 13.6. The third kappa shape index (κ3) is 7.34. The number of benzene rings is 1. The highest BCUT2D eigenvalue weighted by molar-refractivity contribution is 5.31. The fourth-order valence-corrected chi connectivity index (χ4v) is 2.04. The third-order valence-electron chi connectivity index (χ3n) is 3.12. The Bertz CT molecular complexity index is 664. The number of nitrogens with one attached hydrogen (secondary N) is 1. The Morgan fingerprint density at radius 1 is 1.16 bits per heavy atom. The Hall–Kier alpha value is -2.42. The average Bonchev–Trinajstić information content (AvgIpc) is 2.53. The first-order valence-corrected chi connectivity index (χ1v) is 7.57. The van der Waals surface area contributed by atoms with Crippen LogP contribution in [0.15, 0.2) is 36.5 Å². The van der Waals surface area contributed by atoms with Gasteiger partial charge in [0.05, 0.1) is 6.54 Å². The SMILES string of the molecule is CN(CCCNc1nccc(Oc2ccc(F)cc2)n1)CC(F)(F)F. The first-order valence-electron chi connectivity index (χ1n) is 7.57. The van der Waals surface area contributed by atoms with Crippen LogP contribution in [0.4, 0.5) is 23.5 Å². The first-order chi connectivity index (χ1) is 11.8. The molecule has 0 saturated carbocycles. The Morgan fingerprint density at radius 2 is 1.88 bits per heavy atom. The van der Waals surface area contributed by atoms with Crippen molar-refractivity contribution in [3.05, 3.63) is 42.3 Å². The van der Waals surface area contributed by atoms with Crippen LogP contribution in [0.2, 0.25) is 0 Å². The van der Waals surface area contributed by atoms with Crippen molar-refractivity contribution in [2.24, 2.45) is 0 Å². The fraction of sp³-hybridized carbons (Fsp3) is 0.375. The molecule has 0 bridgehead atoms.